The van der Waals surface area contributed by atoms with Crippen LogP contribution < -0.4 is 0 Å². The molecule has 0 aliphatic heterocycles. The maximum Gasteiger partial charge on any atom is 0.160 e. The van der Waals surface area contributed by atoms with E-state index in [0.29, 0.717) is 5.82 Å². The third-order valence-electron chi connectivity index (χ3n) is 11.8. The highest BCUT2D eigenvalue weighted by molar-refractivity contribution is 7.25. The Hall–Kier alpha value is -6.94. The summed E-state index contributed by atoms with van der Waals surface area (Å²) >= 11 is 1.85. The summed E-state index contributed by atoms with van der Waals surface area (Å²) in [7, 11) is 0. The Balaban J connectivity index is 1.04. The molecule has 2 aromatic heterocycles. The van der Waals surface area contributed by atoms with E-state index in [1.165, 1.54) is 59.1 Å². The number of benzene rings is 8. The van der Waals surface area contributed by atoms with E-state index in [2.05, 4.69) is 201 Å². The Bertz CT molecular complexity index is 3140. The largest absolute Gasteiger partial charge is 0.228 e. The molecule has 0 amide bonds. The lowest BCUT2D eigenvalue weighted by molar-refractivity contribution is 0.714. The quantitative estimate of drug-likeness (QED) is 0.169. The maximum atomic E-state index is 5.26. The van der Waals surface area contributed by atoms with Gasteiger partial charge in [0.15, 0.2) is 5.82 Å². The van der Waals surface area contributed by atoms with Gasteiger partial charge in [0.1, 0.15) is 0 Å². The SMILES string of the molecule is CC1(c2ccccc2)c2ccccc2-c2ccc(-c3cccc(-c4cc(-c5ccccc5-c5ccc6c(c5)sc5ccccc56)nc(-c5ccccc5)n4)c3)cc21. The van der Waals surface area contributed by atoms with Crippen molar-refractivity contribution in [3.63, 3.8) is 0 Å². The van der Waals surface area contributed by atoms with Crippen molar-refractivity contribution in [2.45, 2.75) is 12.3 Å². The predicted octanol–water partition coefficient (Wildman–Crippen LogP) is 14.5. The molecule has 8 aromatic carbocycles. The maximum absolute atomic E-state index is 5.26. The number of thiophene rings is 1. The van der Waals surface area contributed by atoms with E-state index in [4.69, 9.17) is 9.97 Å². The van der Waals surface area contributed by atoms with Crippen LogP contribution in [-0.2, 0) is 5.41 Å². The van der Waals surface area contributed by atoms with E-state index in [9.17, 15) is 0 Å². The first-order valence-corrected chi connectivity index (χ1v) is 20.3. The first-order chi connectivity index (χ1) is 28.1. The molecule has 1 aliphatic carbocycles. The third kappa shape index (κ3) is 5.54. The fraction of sp³-hybridized carbons (Fsp3) is 0.0370. The van der Waals surface area contributed by atoms with Gasteiger partial charge in [-0.2, -0.15) is 0 Å². The molecule has 1 atom stereocenters. The van der Waals surface area contributed by atoms with E-state index in [0.717, 1.165) is 39.2 Å². The van der Waals surface area contributed by atoms with Gasteiger partial charge in [0, 0.05) is 42.3 Å². The highest BCUT2D eigenvalue weighted by atomic mass is 32.1. The van der Waals surface area contributed by atoms with Gasteiger partial charge in [0.05, 0.1) is 11.4 Å². The second kappa shape index (κ2) is 13.4. The molecule has 57 heavy (non-hydrogen) atoms. The molecule has 0 bridgehead atoms. The molecular weight excluding hydrogens is 709 g/mol. The smallest absolute Gasteiger partial charge is 0.160 e. The lowest BCUT2D eigenvalue weighted by Gasteiger charge is -2.28. The summed E-state index contributed by atoms with van der Waals surface area (Å²) in [5.74, 6) is 0.706. The van der Waals surface area contributed by atoms with E-state index in [1.54, 1.807) is 0 Å². The van der Waals surface area contributed by atoms with Crippen LogP contribution in [0, 0.1) is 0 Å². The van der Waals surface area contributed by atoms with Crippen LogP contribution in [0.1, 0.15) is 23.6 Å². The molecule has 0 fully saturated rings. The Morgan fingerprint density at radius 1 is 0.368 bits per heavy atom. The molecule has 11 rings (SSSR count). The van der Waals surface area contributed by atoms with Crippen LogP contribution in [0.2, 0.25) is 0 Å². The first kappa shape index (κ1) is 33.4. The van der Waals surface area contributed by atoms with Crippen molar-refractivity contribution in [1.29, 1.82) is 0 Å². The monoisotopic (exact) mass is 744 g/mol. The van der Waals surface area contributed by atoms with Crippen molar-refractivity contribution >= 4 is 31.5 Å². The Kier molecular flexibility index (Phi) is 7.84. The third-order valence-corrected chi connectivity index (χ3v) is 12.9. The molecule has 1 aliphatic rings. The molecule has 268 valence electrons. The highest BCUT2D eigenvalue weighted by Crippen LogP contribution is 2.53. The number of hydrogen-bond donors (Lipinski definition) is 0. The average molecular weight is 745 g/mol. The molecule has 2 heterocycles. The minimum absolute atomic E-state index is 0.262. The molecule has 0 N–H and O–H groups in total. The zero-order valence-corrected chi connectivity index (χ0v) is 32.2. The second-order valence-electron chi connectivity index (χ2n) is 15.1. The fourth-order valence-corrected chi connectivity index (χ4v) is 10.1. The van der Waals surface area contributed by atoms with Gasteiger partial charge in [0.2, 0.25) is 0 Å². The van der Waals surface area contributed by atoms with Gasteiger partial charge in [-0.05, 0) is 87.3 Å². The predicted molar refractivity (Wildman–Crippen MR) is 240 cm³/mol. The summed E-state index contributed by atoms with van der Waals surface area (Å²) in [5.41, 5.74) is 15.9. The van der Waals surface area contributed by atoms with Crippen molar-refractivity contribution < 1.29 is 0 Å². The molecule has 0 saturated carbocycles. The Labute approximate surface area is 336 Å². The number of rotatable bonds is 6. The fourth-order valence-electron chi connectivity index (χ4n) is 8.91. The zero-order chi connectivity index (χ0) is 37.9. The summed E-state index contributed by atoms with van der Waals surface area (Å²) in [6.07, 6.45) is 0. The average Bonchev–Trinajstić information content (AvgIpc) is 3.79. The molecule has 3 heteroatoms. The minimum Gasteiger partial charge on any atom is -0.228 e. The summed E-state index contributed by atoms with van der Waals surface area (Å²) in [4.78, 5) is 10.5. The highest BCUT2D eigenvalue weighted by Gasteiger charge is 2.40. The molecule has 0 saturated heterocycles. The van der Waals surface area contributed by atoms with Crippen LogP contribution in [0.5, 0.6) is 0 Å². The standard InChI is InChI=1S/C54H36N2S/c1-54(40-19-6-3-7-20-40)47-25-12-10-22-42(47)43-29-27-37(32-48(43)54)36-17-14-18-39(31-36)49-34-50(56-53(55-49)35-15-4-2-5-16-35)44-23-9-8-21-41(44)38-28-30-46-45-24-11-13-26-51(45)57-52(46)33-38/h2-34H,1H3. The van der Waals surface area contributed by atoms with Gasteiger partial charge in [0.25, 0.3) is 0 Å². The van der Waals surface area contributed by atoms with Gasteiger partial charge in [-0.25, -0.2) is 9.97 Å². The van der Waals surface area contributed by atoms with Crippen molar-refractivity contribution in [1.82, 2.24) is 9.97 Å². The van der Waals surface area contributed by atoms with Crippen LogP contribution in [-0.4, -0.2) is 9.97 Å². The van der Waals surface area contributed by atoms with Gasteiger partial charge in [-0.15, -0.1) is 11.3 Å². The Morgan fingerprint density at radius 2 is 0.982 bits per heavy atom. The molecule has 0 spiro atoms. The van der Waals surface area contributed by atoms with E-state index >= 15 is 0 Å². The Morgan fingerprint density at radius 3 is 1.84 bits per heavy atom. The minimum atomic E-state index is -0.262. The number of fused-ring (bicyclic) bond motifs is 6. The molecule has 0 radical (unpaired) electrons. The summed E-state index contributed by atoms with van der Waals surface area (Å²) < 4.78 is 2.59. The van der Waals surface area contributed by atoms with E-state index in [-0.39, 0.29) is 5.41 Å². The van der Waals surface area contributed by atoms with Gasteiger partial charge >= 0.3 is 0 Å². The normalized spacial score (nSPS) is 14.5. The summed E-state index contributed by atoms with van der Waals surface area (Å²) in [6.45, 7) is 2.37. The zero-order valence-electron chi connectivity index (χ0n) is 31.4. The second-order valence-corrected chi connectivity index (χ2v) is 16.1. The molecular formula is C54H36N2S. The molecule has 10 aromatic rings. The number of nitrogens with zero attached hydrogens (tertiary/aromatic N) is 2. The van der Waals surface area contributed by atoms with Crippen molar-refractivity contribution in [3.8, 4) is 67.3 Å². The van der Waals surface area contributed by atoms with E-state index < -0.39 is 0 Å². The lowest BCUT2D eigenvalue weighted by Crippen LogP contribution is -2.22. The van der Waals surface area contributed by atoms with Gasteiger partial charge < -0.3 is 0 Å². The summed E-state index contributed by atoms with van der Waals surface area (Å²) in [6, 6.07) is 72.2. The molecule has 2 nitrogen and oxygen atoms in total. The lowest BCUT2D eigenvalue weighted by atomic mass is 9.74. The van der Waals surface area contributed by atoms with Crippen LogP contribution >= 0.6 is 11.3 Å². The van der Waals surface area contributed by atoms with Gasteiger partial charge in [-0.1, -0.05) is 170 Å². The number of aromatic nitrogens is 2. The van der Waals surface area contributed by atoms with Crippen molar-refractivity contribution in [2.24, 2.45) is 0 Å². The van der Waals surface area contributed by atoms with Crippen LogP contribution in [0.25, 0.3) is 87.5 Å². The molecule has 1 unspecified atom stereocenters. The summed E-state index contributed by atoms with van der Waals surface area (Å²) in [5, 5.41) is 2.60. The van der Waals surface area contributed by atoms with Gasteiger partial charge in [-0.3, -0.25) is 0 Å². The number of hydrogen-bond acceptors (Lipinski definition) is 3. The topological polar surface area (TPSA) is 25.8 Å². The van der Waals surface area contributed by atoms with E-state index in [1.807, 2.05) is 17.4 Å². The van der Waals surface area contributed by atoms with Crippen molar-refractivity contribution in [3.05, 3.63) is 217 Å². The van der Waals surface area contributed by atoms with Crippen LogP contribution in [0.15, 0.2) is 200 Å². The first-order valence-electron chi connectivity index (χ1n) is 19.5. The van der Waals surface area contributed by atoms with Crippen LogP contribution in [0.3, 0.4) is 0 Å². The van der Waals surface area contributed by atoms with Crippen molar-refractivity contribution in [2.75, 3.05) is 0 Å². The van der Waals surface area contributed by atoms with Crippen LogP contribution in [0.4, 0.5) is 0 Å².